The SMILES string of the molecule is C#CCN(CCC(=O)NCCO)C(=O)CCCCCN1C(=O)[C@@H]2[C@H](C1=O)[C@H]1C=C[C@@H]2C1.CN1C2(CCCCC2)CC(C(=O)NCCCn2cc(CN(CCC(=O)NCCO)C(=O)CCCCCN3C(=O)[C@@H]4[C@H](C3=O)[C@H]3C=C[C@@H]4C3)nn2)C12CCCCC2.[N-]=[N+]=NCCCNC(=O)C1CC2(CCCCC2)N(O)C12CCCCC2. The summed E-state index contributed by atoms with van der Waals surface area (Å²) in [4.78, 5) is 139. The third-order valence-electron chi connectivity index (χ3n) is 27.7. The summed E-state index contributed by atoms with van der Waals surface area (Å²) in [6, 6.07) is 0. The molecule has 0 radical (unpaired) electrons. The summed E-state index contributed by atoms with van der Waals surface area (Å²) >= 11 is 0. The fraction of sp³-hybridized carbons (Fsp3) is 0.783. The monoisotopic (exact) mass is 1550 g/mol. The number of fused-ring (bicyclic) bond motifs is 10. The molecule has 4 spiro atoms. The lowest BCUT2D eigenvalue weighted by molar-refractivity contribution is -0.231. The van der Waals surface area contributed by atoms with Gasteiger partial charge in [0.05, 0.1) is 73.5 Å². The summed E-state index contributed by atoms with van der Waals surface area (Å²) in [7, 11) is 2.31. The number of nitrogens with zero attached hydrogens (tertiary/aromatic N) is 12. The highest BCUT2D eigenvalue weighted by Gasteiger charge is 2.64. The Hall–Kier alpha value is -7.61. The summed E-state index contributed by atoms with van der Waals surface area (Å²) in [5.74, 6) is 1.95. The fourth-order valence-corrected chi connectivity index (χ4v) is 22.0. The molecule has 1 aromatic rings. The van der Waals surface area contributed by atoms with Crippen LogP contribution in [-0.2, 0) is 61.0 Å². The first kappa shape index (κ1) is 85.3. The van der Waals surface area contributed by atoms with E-state index in [1.54, 1.807) is 14.6 Å². The van der Waals surface area contributed by atoms with Gasteiger partial charge in [0, 0.05) is 113 Å². The lowest BCUT2D eigenvalue weighted by Crippen LogP contribution is -2.56. The van der Waals surface area contributed by atoms with Crippen molar-refractivity contribution in [2.45, 2.75) is 266 Å². The molecule has 7 N–H and O–H groups in total. The molecule has 8 aliphatic carbocycles. The van der Waals surface area contributed by atoms with Crippen molar-refractivity contribution in [1.82, 2.24) is 65.8 Å². The van der Waals surface area contributed by atoms with Crippen molar-refractivity contribution < 1.29 is 63.4 Å². The van der Waals surface area contributed by atoms with Crippen LogP contribution in [0, 0.1) is 71.5 Å². The zero-order valence-corrected chi connectivity index (χ0v) is 66.4. The first-order valence-corrected chi connectivity index (χ1v) is 42.8. The van der Waals surface area contributed by atoms with Crippen LogP contribution in [0.15, 0.2) is 35.6 Å². The standard InChI is InChI=1S/C42H64N8O6.C23H31N3O5.C18H31N5O2/c1-47-41(16-6-3-7-17-41)27-33(42(47)18-8-4-9-19-42)38(54)44-20-11-22-49-29-32(45-46-49)28-48(24-15-34(52)43-21-25-51)35(53)12-5-2-10-23-50-39(55)36-30-13-14-31(26-30)37(36)40(50)56;1-2-11-25(13-9-18(28)24-10-14-27)19(29)6-4-3-5-12-26-22(30)20-16-7-8-17(15-16)21(20)23(26)31;19-22-21-13-7-12-20-16(24)15-14-17(8-3-1-4-9-17)23(25)18(15)10-5-2-6-11-18/h13-14,29-31,33,36-37,51H,2-12,15-28H2,1H3,(H,43,52)(H,44,54);1,7-8,16-17,20-21,27H,3-6,9-15H2,(H,24,28);15,25H,1-14H2,(H,20,24)/t30-,31+,33?,36+,37-;16-,17+,20+,21-;. The highest BCUT2D eigenvalue weighted by Crippen LogP contribution is 2.59. The lowest BCUT2D eigenvalue weighted by Gasteiger charge is -2.49. The zero-order valence-electron chi connectivity index (χ0n) is 66.4. The summed E-state index contributed by atoms with van der Waals surface area (Å²) in [5.41, 5.74) is 8.52. The molecule has 1 aromatic heterocycles. The highest BCUT2D eigenvalue weighted by molar-refractivity contribution is 6.07. The largest absolute Gasteiger partial charge is 0.395 e. The second kappa shape index (κ2) is 40.1. The van der Waals surface area contributed by atoms with Crippen molar-refractivity contribution in [2.24, 2.45) is 64.3 Å². The Balaban J connectivity index is 0.000000186. The van der Waals surface area contributed by atoms with Gasteiger partial charge in [-0.25, -0.2) is 0 Å². The number of carbonyl (C=O) groups excluding carboxylic acids is 10. The van der Waals surface area contributed by atoms with Gasteiger partial charge >= 0.3 is 0 Å². The van der Waals surface area contributed by atoms with Gasteiger partial charge in [-0.15, -0.1) is 11.5 Å². The molecule has 0 aromatic carbocycles. The van der Waals surface area contributed by atoms with Crippen molar-refractivity contribution in [3.05, 3.63) is 46.6 Å². The average molecular weight is 1560 g/mol. The first-order chi connectivity index (χ1) is 54.3. The molecule has 6 saturated carbocycles. The van der Waals surface area contributed by atoms with E-state index in [0.717, 1.165) is 96.3 Å². The van der Waals surface area contributed by atoms with Gasteiger partial charge in [-0.1, -0.05) is 130 Å². The number of allylic oxidation sites excluding steroid dienone is 4. The summed E-state index contributed by atoms with van der Waals surface area (Å²) in [6.07, 6.45) is 48.1. The molecule has 5 heterocycles. The molecule has 10 amide bonds. The van der Waals surface area contributed by atoms with E-state index in [2.05, 4.69) is 83.8 Å². The van der Waals surface area contributed by atoms with Crippen LogP contribution in [0.3, 0.4) is 0 Å². The van der Waals surface area contributed by atoms with Gasteiger partial charge in [0.2, 0.25) is 59.1 Å². The normalized spacial score (nSPS) is 27.0. The molecule has 29 nitrogen and oxygen atoms in total. The number of hydrogen-bond acceptors (Lipinski definition) is 18. The minimum Gasteiger partial charge on any atom is -0.395 e. The Kier molecular flexibility index (Phi) is 30.5. The molecule has 10 atom stereocenters. The number of nitrogens with one attached hydrogen (secondary N) is 4. The van der Waals surface area contributed by atoms with E-state index in [9.17, 15) is 53.2 Å². The second-order valence-electron chi connectivity index (χ2n) is 34.3. The second-order valence-corrected chi connectivity index (χ2v) is 34.3. The van der Waals surface area contributed by atoms with Gasteiger partial charge in [-0.05, 0) is 152 Å². The Morgan fingerprint density at radius 3 is 1.47 bits per heavy atom. The number of aryl methyl sites for hydroxylation is 1. The predicted molar refractivity (Wildman–Crippen MR) is 416 cm³/mol. The van der Waals surface area contributed by atoms with Gasteiger partial charge in [-0.3, -0.25) is 67.3 Å². The molecule has 13 rings (SSSR count). The van der Waals surface area contributed by atoms with E-state index in [1.165, 1.54) is 78.9 Å². The molecule has 4 aliphatic heterocycles. The van der Waals surface area contributed by atoms with Crippen molar-refractivity contribution >= 4 is 59.1 Å². The third kappa shape index (κ3) is 19.5. The maximum atomic E-state index is 13.8. The minimum atomic E-state index is -0.371. The van der Waals surface area contributed by atoms with Crippen molar-refractivity contribution in [3.63, 3.8) is 0 Å². The molecule has 2 unspecified atom stereocenters. The molecular weight excluding hydrogens is 1430 g/mol. The summed E-state index contributed by atoms with van der Waals surface area (Å²) in [5, 5.41) is 54.4. The van der Waals surface area contributed by atoms with Crippen LogP contribution in [0.2, 0.25) is 0 Å². The van der Waals surface area contributed by atoms with E-state index in [-0.39, 0.29) is 212 Å². The number of unbranched alkanes of at least 4 members (excludes halogenated alkanes) is 4. The van der Waals surface area contributed by atoms with Gasteiger partial charge in [0.25, 0.3) is 0 Å². The topological polar surface area (TPSA) is 378 Å². The van der Waals surface area contributed by atoms with Crippen LogP contribution in [0.25, 0.3) is 10.4 Å². The van der Waals surface area contributed by atoms with E-state index < -0.39 is 0 Å². The molecule has 29 heteroatoms. The molecule has 112 heavy (non-hydrogen) atoms. The van der Waals surface area contributed by atoms with E-state index >= 15 is 0 Å². The molecule has 10 fully saturated rings. The number of amides is 10. The number of likely N-dealkylation sites (tertiary alicyclic amines) is 3. The van der Waals surface area contributed by atoms with E-state index in [4.69, 9.17) is 22.2 Å². The van der Waals surface area contributed by atoms with Gasteiger partial charge < -0.3 is 46.5 Å². The van der Waals surface area contributed by atoms with Crippen LogP contribution in [0.1, 0.15) is 237 Å². The number of hydrogen-bond donors (Lipinski definition) is 7. The average Bonchev–Trinajstić information content (AvgIpc) is 1.62. The number of rotatable bonds is 35. The zero-order chi connectivity index (χ0) is 79.4. The quantitative estimate of drug-likeness (QED) is 0.00655. The van der Waals surface area contributed by atoms with Crippen molar-refractivity contribution in [1.29, 1.82) is 0 Å². The summed E-state index contributed by atoms with van der Waals surface area (Å²) in [6.45, 7) is 3.70. The van der Waals surface area contributed by atoms with Gasteiger partial charge in [-0.2, -0.15) is 5.06 Å². The van der Waals surface area contributed by atoms with E-state index in [0.29, 0.717) is 96.3 Å². The maximum Gasteiger partial charge on any atom is 0.233 e. The maximum absolute atomic E-state index is 13.8. The Labute approximate surface area is 660 Å². The predicted octanol–water partition coefficient (Wildman–Crippen LogP) is 7.57. The minimum absolute atomic E-state index is 0.0190. The molecule has 4 bridgehead atoms. The van der Waals surface area contributed by atoms with Crippen LogP contribution in [-0.4, -0.2) is 227 Å². The number of imide groups is 2. The van der Waals surface area contributed by atoms with Crippen LogP contribution >= 0.6 is 0 Å². The van der Waals surface area contributed by atoms with Gasteiger partial charge in [0.15, 0.2) is 0 Å². The molecule has 616 valence electrons. The third-order valence-corrected chi connectivity index (χ3v) is 27.7. The highest BCUT2D eigenvalue weighted by atomic mass is 16.5. The number of aliphatic hydroxyl groups excluding tert-OH is 2. The summed E-state index contributed by atoms with van der Waals surface area (Å²) < 4.78 is 1.75. The van der Waals surface area contributed by atoms with Crippen LogP contribution in [0.5, 0.6) is 0 Å². The molecule has 12 aliphatic rings. The number of aliphatic hydroxyl groups is 2. The fourth-order valence-electron chi connectivity index (χ4n) is 22.0. The van der Waals surface area contributed by atoms with Gasteiger partial charge in [0.1, 0.15) is 5.69 Å². The Morgan fingerprint density at radius 1 is 0.554 bits per heavy atom. The van der Waals surface area contributed by atoms with Crippen LogP contribution in [0.4, 0.5) is 0 Å². The number of terminal acetylenes is 1. The number of aromatic nitrogens is 3. The van der Waals surface area contributed by atoms with Crippen molar-refractivity contribution in [2.75, 3.05) is 85.7 Å². The number of azide groups is 1. The molecule has 4 saturated heterocycles. The van der Waals surface area contributed by atoms with Crippen LogP contribution < -0.4 is 21.3 Å². The first-order valence-electron chi connectivity index (χ1n) is 42.8. The van der Waals surface area contributed by atoms with Crippen molar-refractivity contribution in [3.8, 4) is 12.3 Å². The number of carbonyl (C=O) groups is 10. The Morgan fingerprint density at radius 2 is 0.991 bits per heavy atom. The lowest BCUT2D eigenvalue weighted by atomic mass is 9.72. The molecular formula is C83H126N16O13. The number of hydroxylamine groups is 2. The Bertz CT molecular complexity index is 3540. The smallest absolute Gasteiger partial charge is 0.233 e. The van der Waals surface area contributed by atoms with E-state index in [1.807, 2.05) is 6.20 Å².